The Balaban J connectivity index is 0.00000220. The Labute approximate surface area is 130 Å². The van der Waals surface area contributed by atoms with E-state index >= 15 is 0 Å². The van der Waals surface area contributed by atoms with Crippen molar-refractivity contribution in [2.24, 2.45) is 5.73 Å². The van der Waals surface area contributed by atoms with Crippen molar-refractivity contribution in [3.05, 3.63) is 35.1 Å². The number of nitrogens with zero attached hydrogens (tertiary/aromatic N) is 1. The number of ether oxygens (including phenoxy) is 1. The van der Waals surface area contributed by atoms with E-state index in [0.717, 1.165) is 18.4 Å². The van der Waals surface area contributed by atoms with Crippen molar-refractivity contribution in [2.45, 2.75) is 31.9 Å². The number of rotatable bonds is 3. The molecule has 1 aliphatic heterocycles. The van der Waals surface area contributed by atoms with E-state index < -0.39 is 0 Å². The van der Waals surface area contributed by atoms with Crippen LogP contribution in [0.15, 0.2) is 18.2 Å². The number of hydrogen-bond donors (Lipinski definition) is 1. The summed E-state index contributed by atoms with van der Waals surface area (Å²) >= 11 is 0. The molecule has 21 heavy (non-hydrogen) atoms. The Morgan fingerprint density at radius 1 is 1.48 bits per heavy atom. The largest absolute Gasteiger partial charge is 0.381 e. The van der Waals surface area contributed by atoms with Crippen LogP contribution in [0.1, 0.15) is 28.8 Å². The summed E-state index contributed by atoms with van der Waals surface area (Å²) in [4.78, 5) is 14.3. The summed E-state index contributed by atoms with van der Waals surface area (Å²) in [5.41, 5.74) is 6.89. The highest BCUT2D eigenvalue weighted by atomic mass is 35.5. The molecule has 2 unspecified atom stereocenters. The molecular formula is C15H22ClFN2O2. The van der Waals surface area contributed by atoms with Gasteiger partial charge in [0.1, 0.15) is 5.82 Å². The molecule has 1 aromatic rings. The quantitative estimate of drug-likeness (QED) is 0.929. The Kier molecular flexibility index (Phi) is 6.58. The number of carbonyl (C=O) groups excluding carboxylic acids is 1. The molecule has 118 valence electrons. The summed E-state index contributed by atoms with van der Waals surface area (Å²) < 4.78 is 18.8. The highest BCUT2D eigenvalue weighted by molar-refractivity contribution is 5.94. The lowest BCUT2D eigenvalue weighted by atomic mass is 9.98. The topological polar surface area (TPSA) is 55.6 Å². The zero-order chi connectivity index (χ0) is 14.7. The lowest BCUT2D eigenvalue weighted by Gasteiger charge is -2.38. The van der Waals surface area contributed by atoms with Gasteiger partial charge < -0.3 is 15.4 Å². The zero-order valence-electron chi connectivity index (χ0n) is 12.3. The second-order valence-corrected chi connectivity index (χ2v) is 5.29. The summed E-state index contributed by atoms with van der Waals surface area (Å²) in [7, 11) is 1.67. The molecule has 1 fully saturated rings. The second-order valence-electron chi connectivity index (χ2n) is 5.29. The molecule has 2 atom stereocenters. The van der Waals surface area contributed by atoms with Gasteiger partial charge in [-0.25, -0.2) is 4.39 Å². The van der Waals surface area contributed by atoms with Crippen molar-refractivity contribution >= 4 is 18.3 Å². The van der Waals surface area contributed by atoms with Crippen LogP contribution < -0.4 is 5.73 Å². The number of nitrogens with two attached hydrogens (primary N) is 1. The molecule has 2 N–H and O–H groups in total. The molecule has 0 aliphatic carbocycles. The minimum atomic E-state index is -0.385. The fourth-order valence-electron chi connectivity index (χ4n) is 2.74. The maximum Gasteiger partial charge on any atom is 0.254 e. The molecular weight excluding hydrogens is 295 g/mol. The predicted molar refractivity (Wildman–Crippen MR) is 82.3 cm³/mol. The number of hydrogen-bond acceptors (Lipinski definition) is 3. The molecule has 1 amide bonds. The molecule has 1 aliphatic rings. The van der Waals surface area contributed by atoms with Crippen LogP contribution >= 0.6 is 12.4 Å². The third-order valence-electron chi connectivity index (χ3n) is 3.82. The molecule has 0 radical (unpaired) electrons. The van der Waals surface area contributed by atoms with Crippen molar-refractivity contribution in [1.29, 1.82) is 0 Å². The molecule has 1 saturated heterocycles. The lowest BCUT2D eigenvalue weighted by Crippen LogP contribution is -2.51. The van der Waals surface area contributed by atoms with E-state index in [1.807, 2.05) is 0 Å². The molecule has 0 aromatic heterocycles. The second kappa shape index (κ2) is 7.73. The number of piperidine rings is 1. The average molecular weight is 317 g/mol. The maximum absolute atomic E-state index is 13.4. The normalized spacial score (nSPS) is 21.8. The van der Waals surface area contributed by atoms with Crippen LogP contribution in [0.5, 0.6) is 0 Å². The fourth-order valence-corrected chi connectivity index (χ4v) is 2.74. The summed E-state index contributed by atoms with van der Waals surface area (Å²) in [6.07, 6.45) is 1.65. The zero-order valence-corrected chi connectivity index (χ0v) is 13.2. The first-order valence-electron chi connectivity index (χ1n) is 6.86. The van der Waals surface area contributed by atoms with Gasteiger partial charge >= 0.3 is 0 Å². The fraction of sp³-hybridized carbons (Fsp3) is 0.533. The van der Waals surface area contributed by atoms with E-state index in [9.17, 15) is 9.18 Å². The van der Waals surface area contributed by atoms with E-state index in [-0.39, 0.29) is 36.3 Å². The van der Waals surface area contributed by atoms with Gasteiger partial charge in [0.05, 0.1) is 6.10 Å². The van der Waals surface area contributed by atoms with Crippen LogP contribution in [0, 0.1) is 12.7 Å². The Hall–Kier alpha value is -1.17. The van der Waals surface area contributed by atoms with Crippen molar-refractivity contribution in [3.8, 4) is 0 Å². The van der Waals surface area contributed by atoms with E-state index in [4.69, 9.17) is 10.5 Å². The SMILES string of the molecule is COC1CCN(C(=O)c2cc(C)cc(F)c2)C(CN)C1.Cl. The van der Waals surface area contributed by atoms with Gasteiger partial charge in [-0.3, -0.25) is 4.79 Å². The molecule has 2 rings (SSSR count). The Morgan fingerprint density at radius 2 is 2.19 bits per heavy atom. The lowest BCUT2D eigenvalue weighted by molar-refractivity contribution is 0.0139. The molecule has 1 aromatic carbocycles. The van der Waals surface area contributed by atoms with Gasteiger partial charge in [0.2, 0.25) is 0 Å². The van der Waals surface area contributed by atoms with Crippen molar-refractivity contribution in [3.63, 3.8) is 0 Å². The Morgan fingerprint density at radius 3 is 2.76 bits per heavy atom. The van der Waals surface area contributed by atoms with Crippen molar-refractivity contribution in [2.75, 3.05) is 20.2 Å². The summed E-state index contributed by atoms with van der Waals surface area (Å²) in [6.45, 7) is 2.76. The first-order valence-corrected chi connectivity index (χ1v) is 6.86. The molecule has 0 bridgehead atoms. The van der Waals surface area contributed by atoms with Gasteiger partial charge in [-0.2, -0.15) is 0 Å². The van der Waals surface area contributed by atoms with Gasteiger partial charge in [-0.1, -0.05) is 0 Å². The third kappa shape index (κ3) is 4.15. The minimum absolute atomic E-state index is 0. The highest BCUT2D eigenvalue weighted by Gasteiger charge is 2.31. The van der Waals surface area contributed by atoms with E-state index in [2.05, 4.69) is 0 Å². The van der Waals surface area contributed by atoms with Gasteiger partial charge in [0.15, 0.2) is 0 Å². The molecule has 0 spiro atoms. The van der Waals surface area contributed by atoms with Crippen LogP contribution in [0.4, 0.5) is 4.39 Å². The third-order valence-corrected chi connectivity index (χ3v) is 3.82. The standard InChI is InChI=1S/C15H21FN2O2.ClH/c1-10-5-11(7-12(16)6-10)15(19)18-4-3-14(20-2)8-13(18)9-17;/h5-7,13-14H,3-4,8-9,17H2,1-2H3;1H. The van der Waals surface area contributed by atoms with E-state index in [1.165, 1.54) is 12.1 Å². The monoisotopic (exact) mass is 316 g/mol. The van der Waals surface area contributed by atoms with Crippen LogP contribution in [0.25, 0.3) is 0 Å². The number of methoxy groups -OCH3 is 1. The van der Waals surface area contributed by atoms with Crippen LogP contribution in [0.2, 0.25) is 0 Å². The summed E-state index contributed by atoms with van der Waals surface area (Å²) in [6, 6.07) is 4.35. The Bertz CT molecular complexity index is 478. The van der Waals surface area contributed by atoms with Gasteiger partial charge in [-0.05, 0) is 43.5 Å². The van der Waals surface area contributed by atoms with Gasteiger partial charge in [0.25, 0.3) is 5.91 Å². The number of likely N-dealkylation sites (tertiary alicyclic amines) is 1. The van der Waals surface area contributed by atoms with Gasteiger partial charge in [0, 0.05) is 31.8 Å². The molecule has 6 heteroatoms. The maximum atomic E-state index is 13.4. The van der Waals surface area contributed by atoms with Crippen molar-refractivity contribution < 1.29 is 13.9 Å². The highest BCUT2D eigenvalue weighted by Crippen LogP contribution is 2.22. The predicted octanol–water partition coefficient (Wildman–Crippen LogP) is 2.13. The molecule has 1 heterocycles. The minimum Gasteiger partial charge on any atom is -0.381 e. The number of aryl methyl sites for hydroxylation is 1. The first-order chi connectivity index (χ1) is 9.55. The van der Waals surface area contributed by atoms with Crippen LogP contribution in [-0.2, 0) is 4.74 Å². The van der Waals surface area contributed by atoms with E-state index in [0.29, 0.717) is 18.7 Å². The smallest absolute Gasteiger partial charge is 0.254 e. The number of amides is 1. The van der Waals surface area contributed by atoms with Crippen LogP contribution in [-0.4, -0.2) is 43.2 Å². The summed E-state index contributed by atoms with van der Waals surface area (Å²) in [5.74, 6) is -0.540. The first kappa shape index (κ1) is 17.9. The summed E-state index contributed by atoms with van der Waals surface area (Å²) in [5, 5.41) is 0. The number of halogens is 2. The number of benzene rings is 1. The average Bonchev–Trinajstić information content (AvgIpc) is 2.44. The van der Waals surface area contributed by atoms with Gasteiger partial charge in [-0.15, -0.1) is 12.4 Å². The molecule has 0 saturated carbocycles. The van der Waals surface area contributed by atoms with E-state index in [1.54, 1.807) is 25.0 Å². The molecule has 4 nitrogen and oxygen atoms in total. The van der Waals surface area contributed by atoms with Crippen LogP contribution in [0.3, 0.4) is 0 Å². The van der Waals surface area contributed by atoms with Crippen molar-refractivity contribution in [1.82, 2.24) is 4.90 Å². The number of carbonyl (C=O) groups is 1.